The third-order valence-corrected chi connectivity index (χ3v) is 5.14. The van der Waals surface area contributed by atoms with Crippen LogP contribution in [0.4, 0.5) is 10.5 Å². The molecule has 0 aliphatic rings. The number of nitrogens with one attached hydrogen (secondary N) is 1. The average molecular weight is 480 g/mol. The highest BCUT2D eigenvalue weighted by atomic mass is 35.5. The number of anilines is 1. The number of carbonyl (C=O) groups is 1. The van der Waals surface area contributed by atoms with Crippen molar-refractivity contribution in [2.75, 3.05) is 26.5 Å². The average Bonchev–Trinajstić information content (AvgIpc) is 2.84. The van der Waals surface area contributed by atoms with Crippen molar-refractivity contribution in [3.05, 3.63) is 71.8 Å². The van der Waals surface area contributed by atoms with Crippen LogP contribution in [0, 0.1) is 0 Å². The maximum absolute atomic E-state index is 11.9. The van der Waals surface area contributed by atoms with E-state index in [1.165, 1.54) is 11.2 Å². The highest BCUT2D eigenvalue weighted by molar-refractivity contribution is 6.33. The molecule has 4 aromatic rings. The molecule has 10 heteroatoms. The Hall–Kier alpha value is -4.11. The number of carbonyl (C=O) groups excluding carboxylic acids is 1. The fraction of sp³-hybridized carbons (Fsp3) is 0.167. The first-order valence-corrected chi connectivity index (χ1v) is 10.6. The Morgan fingerprint density at radius 2 is 1.85 bits per heavy atom. The van der Waals surface area contributed by atoms with E-state index in [9.17, 15) is 4.79 Å². The van der Waals surface area contributed by atoms with Gasteiger partial charge in [0.05, 0.1) is 28.7 Å². The van der Waals surface area contributed by atoms with Gasteiger partial charge >= 0.3 is 6.03 Å². The summed E-state index contributed by atoms with van der Waals surface area (Å²) in [4.78, 5) is 25.9. The molecule has 2 aromatic carbocycles. The lowest BCUT2D eigenvalue weighted by Crippen LogP contribution is -2.27. The zero-order valence-corrected chi connectivity index (χ0v) is 19.5. The Morgan fingerprint density at radius 3 is 2.56 bits per heavy atom. The Labute approximate surface area is 201 Å². The van der Waals surface area contributed by atoms with Gasteiger partial charge in [-0.25, -0.2) is 14.8 Å². The normalized spacial score (nSPS) is 10.6. The summed E-state index contributed by atoms with van der Waals surface area (Å²) in [5.41, 5.74) is 2.07. The van der Waals surface area contributed by atoms with E-state index in [1.54, 1.807) is 63.9 Å². The van der Waals surface area contributed by atoms with E-state index in [2.05, 4.69) is 20.3 Å². The van der Waals surface area contributed by atoms with Crippen molar-refractivity contribution in [1.82, 2.24) is 19.9 Å². The Bertz CT molecular complexity index is 1320. The van der Waals surface area contributed by atoms with Crippen LogP contribution in [0.25, 0.3) is 10.9 Å². The molecule has 2 amide bonds. The lowest BCUT2D eigenvalue weighted by molar-refractivity contribution is 0.230. The minimum atomic E-state index is -0.286. The molecule has 0 spiro atoms. The number of halogens is 1. The Kier molecular flexibility index (Phi) is 6.93. The summed E-state index contributed by atoms with van der Waals surface area (Å²) in [6, 6.07) is 12.0. The summed E-state index contributed by atoms with van der Waals surface area (Å²) in [6.45, 7) is 0.355. The van der Waals surface area contributed by atoms with Crippen LogP contribution in [-0.2, 0) is 6.61 Å². The van der Waals surface area contributed by atoms with E-state index >= 15 is 0 Å². The molecular weight excluding hydrogens is 458 g/mol. The van der Waals surface area contributed by atoms with Gasteiger partial charge in [-0.05, 0) is 35.9 Å². The smallest absolute Gasteiger partial charge is 0.321 e. The predicted molar refractivity (Wildman–Crippen MR) is 129 cm³/mol. The van der Waals surface area contributed by atoms with Crippen LogP contribution in [0.3, 0.4) is 0 Å². The van der Waals surface area contributed by atoms with Gasteiger partial charge in [0.25, 0.3) is 0 Å². The van der Waals surface area contributed by atoms with Gasteiger partial charge in [0.2, 0.25) is 5.88 Å². The number of hydrogen-bond donors (Lipinski definition) is 1. The molecule has 0 unspecified atom stereocenters. The number of aromatic nitrogens is 3. The summed E-state index contributed by atoms with van der Waals surface area (Å²) in [6.07, 6.45) is 4.83. The van der Waals surface area contributed by atoms with E-state index in [0.29, 0.717) is 51.3 Å². The zero-order chi connectivity index (χ0) is 24.1. The van der Waals surface area contributed by atoms with Gasteiger partial charge in [0.1, 0.15) is 18.7 Å². The topological polar surface area (TPSA) is 98.7 Å². The van der Waals surface area contributed by atoms with Crippen molar-refractivity contribution in [1.29, 1.82) is 0 Å². The molecule has 1 N–H and O–H groups in total. The predicted octanol–water partition coefficient (Wildman–Crippen LogP) is 5.15. The molecule has 0 atom stereocenters. The first kappa shape index (κ1) is 23.1. The van der Waals surface area contributed by atoms with Crippen molar-refractivity contribution in [3.8, 4) is 23.1 Å². The Balaban J connectivity index is 1.58. The highest BCUT2D eigenvalue weighted by Crippen LogP contribution is 2.37. The largest absolute Gasteiger partial charge is 0.493 e. The molecule has 0 bridgehead atoms. The molecule has 2 heterocycles. The van der Waals surface area contributed by atoms with Gasteiger partial charge in [0.15, 0.2) is 11.5 Å². The molecule has 0 radical (unpaired) electrons. The van der Waals surface area contributed by atoms with E-state index in [0.717, 1.165) is 5.56 Å². The molecule has 0 aliphatic heterocycles. The van der Waals surface area contributed by atoms with Gasteiger partial charge in [0, 0.05) is 38.6 Å². The summed E-state index contributed by atoms with van der Waals surface area (Å²) < 4.78 is 17.5. The number of benzene rings is 2. The van der Waals surface area contributed by atoms with Gasteiger partial charge in [-0.3, -0.25) is 4.98 Å². The minimum absolute atomic E-state index is 0.286. The number of urea groups is 1. The lowest BCUT2D eigenvalue weighted by atomic mass is 10.2. The van der Waals surface area contributed by atoms with Crippen molar-refractivity contribution < 1.29 is 19.0 Å². The van der Waals surface area contributed by atoms with Gasteiger partial charge < -0.3 is 24.4 Å². The number of methoxy groups -OCH3 is 1. The highest BCUT2D eigenvalue weighted by Gasteiger charge is 2.14. The fourth-order valence-electron chi connectivity index (χ4n) is 3.03. The van der Waals surface area contributed by atoms with Crippen LogP contribution in [0.1, 0.15) is 5.56 Å². The summed E-state index contributed by atoms with van der Waals surface area (Å²) in [5, 5.41) is 3.68. The number of hydrogen-bond acceptors (Lipinski definition) is 7. The second-order valence-electron chi connectivity index (χ2n) is 7.41. The van der Waals surface area contributed by atoms with Crippen molar-refractivity contribution in [2.45, 2.75) is 6.61 Å². The standard InChI is InChI=1S/C24H22ClN5O4/c1-30(2)24(31)29-19-5-4-16(10-18(19)25)34-23-17-11-21(32-3)22(12-20(17)27-14-28-23)33-13-15-6-8-26-9-7-15/h4-12,14H,13H2,1-3H3,(H,29,31). The summed E-state index contributed by atoms with van der Waals surface area (Å²) >= 11 is 6.33. The van der Waals surface area contributed by atoms with Gasteiger partial charge in [-0.2, -0.15) is 0 Å². The quantitative estimate of drug-likeness (QED) is 0.391. The minimum Gasteiger partial charge on any atom is -0.493 e. The van der Waals surface area contributed by atoms with Crippen molar-refractivity contribution in [2.24, 2.45) is 0 Å². The summed E-state index contributed by atoms with van der Waals surface area (Å²) in [7, 11) is 4.85. The molecule has 34 heavy (non-hydrogen) atoms. The van der Waals surface area contributed by atoms with Crippen molar-refractivity contribution in [3.63, 3.8) is 0 Å². The Morgan fingerprint density at radius 1 is 1.06 bits per heavy atom. The van der Waals surface area contributed by atoms with E-state index in [1.807, 2.05) is 12.1 Å². The molecular formula is C24H22ClN5O4. The number of nitrogens with zero attached hydrogens (tertiary/aromatic N) is 4. The fourth-order valence-corrected chi connectivity index (χ4v) is 3.25. The van der Waals surface area contributed by atoms with E-state index in [4.69, 9.17) is 25.8 Å². The SMILES string of the molecule is COc1cc2c(Oc3ccc(NC(=O)N(C)C)c(Cl)c3)ncnc2cc1OCc1ccncc1. The molecule has 0 saturated carbocycles. The molecule has 0 saturated heterocycles. The first-order valence-electron chi connectivity index (χ1n) is 10.2. The van der Waals surface area contributed by atoms with E-state index in [-0.39, 0.29) is 6.03 Å². The van der Waals surface area contributed by atoms with Gasteiger partial charge in [-0.1, -0.05) is 11.6 Å². The number of amides is 2. The van der Waals surface area contributed by atoms with Gasteiger partial charge in [-0.15, -0.1) is 0 Å². The van der Waals surface area contributed by atoms with E-state index < -0.39 is 0 Å². The van der Waals surface area contributed by atoms with Crippen LogP contribution in [-0.4, -0.2) is 47.1 Å². The van der Waals surface area contributed by atoms with Crippen LogP contribution in [0.5, 0.6) is 23.1 Å². The van der Waals surface area contributed by atoms with Crippen LogP contribution >= 0.6 is 11.6 Å². The number of fused-ring (bicyclic) bond motifs is 1. The maximum atomic E-state index is 11.9. The molecule has 9 nitrogen and oxygen atoms in total. The second-order valence-corrected chi connectivity index (χ2v) is 7.82. The zero-order valence-electron chi connectivity index (χ0n) is 18.8. The monoisotopic (exact) mass is 479 g/mol. The third kappa shape index (κ3) is 5.26. The first-order chi connectivity index (χ1) is 16.4. The molecule has 4 rings (SSSR count). The molecule has 0 fully saturated rings. The van der Waals surface area contributed by atoms with Crippen LogP contribution in [0.2, 0.25) is 5.02 Å². The van der Waals surface area contributed by atoms with Crippen LogP contribution in [0.15, 0.2) is 61.2 Å². The number of pyridine rings is 1. The molecule has 174 valence electrons. The third-order valence-electron chi connectivity index (χ3n) is 4.83. The summed E-state index contributed by atoms with van der Waals surface area (Å²) in [5.74, 6) is 1.83. The maximum Gasteiger partial charge on any atom is 0.321 e. The molecule has 0 aliphatic carbocycles. The lowest BCUT2D eigenvalue weighted by Gasteiger charge is -2.15. The number of rotatable bonds is 7. The second kappa shape index (κ2) is 10.2. The molecule has 2 aromatic heterocycles. The van der Waals surface area contributed by atoms with Crippen LogP contribution < -0.4 is 19.5 Å². The number of ether oxygens (including phenoxy) is 3. The van der Waals surface area contributed by atoms with Crippen molar-refractivity contribution >= 4 is 34.2 Å².